The highest BCUT2D eigenvalue weighted by atomic mass is 14.1. The molecule has 0 amide bonds. The van der Waals surface area contributed by atoms with Crippen LogP contribution in [0.4, 0.5) is 0 Å². The zero-order chi connectivity index (χ0) is 17.7. The highest BCUT2D eigenvalue weighted by Gasteiger charge is 2.05. The Morgan fingerprint density at radius 3 is 1.62 bits per heavy atom. The van der Waals surface area contributed by atoms with E-state index in [1.165, 1.54) is 116 Å². The molecule has 1 unspecified atom stereocenters. The Bertz CT molecular complexity index is 240. The van der Waals surface area contributed by atoms with Crippen LogP contribution in [0.5, 0.6) is 0 Å². The predicted octanol–water partition coefficient (Wildman–Crippen LogP) is 9.24. The first-order valence-corrected chi connectivity index (χ1v) is 11.5. The van der Waals surface area contributed by atoms with Crippen molar-refractivity contribution in [1.29, 1.82) is 0 Å². The summed E-state index contributed by atoms with van der Waals surface area (Å²) in [7, 11) is 0. The van der Waals surface area contributed by atoms with Gasteiger partial charge in [0.25, 0.3) is 0 Å². The fourth-order valence-corrected chi connectivity index (χ4v) is 3.66. The summed E-state index contributed by atoms with van der Waals surface area (Å²) >= 11 is 0. The molecule has 0 aliphatic heterocycles. The zero-order valence-corrected chi connectivity index (χ0v) is 17.5. The molecule has 0 N–H and O–H groups in total. The SMILES string of the molecule is CCCCCCCCCCCC=CCCC(CCC)CCCCC. The molecule has 24 heavy (non-hydrogen) atoms. The second kappa shape index (κ2) is 20.8. The predicted molar refractivity (Wildman–Crippen MR) is 113 cm³/mol. The van der Waals surface area contributed by atoms with Gasteiger partial charge in [0, 0.05) is 0 Å². The Morgan fingerprint density at radius 2 is 1.00 bits per heavy atom. The lowest BCUT2D eigenvalue weighted by atomic mass is 9.92. The van der Waals surface area contributed by atoms with Gasteiger partial charge in [-0.15, -0.1) is 0 Å². The monoisotopic (exact) mass is 336 g/mol. The Hall–Kier alpha value is -0.260. The minimum absolute atomic E-state index is 0.985. The molecule has 0 nitrogen and oxygen atoms in total. The third kappa shape index (κ3) is 18.1. The van der Waals surface area contributed by atoms with Crippen LogP contribution in [0, 0.1) is 5.92 Å². The van der Waals surface area contributed by atoms with Crippen LogP contribution >= 0.6 is 0 Å². The normalized spacial score (nSPS) is 13.0. The van der Waals surface area contributed by atoms with Crippen LogP contribution in [0.15, 0.2) is 12.2 Å². The summed E-state index contributed by atoms with van der Waals surface area (Å²) in [5.74, 6) is 0.985. The van der Waals surface area contributed by atoms with E-state index >= 15 is 0 Å². The molecule has 0 aromatic heterocycles. The first-order chi connectivity index (χ1) is 11.8. The van der Waals surface area contributed by atoms with Gasteiger partial charge in [-0.25, -0.2) is 0 Å². The van der Waals surface area contributed by atoms with Crippen LogP contribution in [0.1, 0.15) is 136 Å². The average Bonchev–Trinajstić information content (AvgIpc) is 2.59. The molecule has 1 atom stereocenters. The first kappa shape index (κ1) is 23.7. The van der Waals surface area contributed by atoms with Gasteiger partial charge >= 0.3 is 0 Å². The van der Waals surface area contributed by atoms with Crippen molar-refractivity contribution in [2.24, 2.45) is 5.92 Å². The Morgan fingerprint density at radius 1 is 0.458 bits per heavy atom. The topological polar surface area (TPSA) is 0 Å². The largest absolute Gasteiger partial charge is 0.0885 e. The van der Waals surface area contributed by atoms with Crippen LogP contribution in [0.25, 0.3) is 0 Å². The molecule has 0 bridgehead atoms. The number of allylic oxidation sites excluding steroid dienone is 2. The highest BCUT2D eigenvalue weighted by molar-refractivity contribution is 4.82. The van der Waals surface area contributed by atoms with E-state index in [-0.39, 0.29) is 0 Å². The van der Waals surface area contributed by atoms with Crippen LogP contribution in [-0.4, -0.2) is 0 Å². The summed E-state index contributed by atoms with van der Waals surface area (Å²) in [6.07, 6.45) is 30.4. The van der Waals surface area contributed by atoms with Crippen molar-refractivity contribution >= 4 is 0 Å². The minimum Gasteiger partial charge on any atom is -0.0885 e. The van der Waals surface area contributed by atoms with Gasteiger partial charge < -0.3 is 0 Å². The molecule has 0 heterocycles. The molecule has 0 heteroatoms. The number of unbranched alkanes of at least 4 members (excludes halogenated alkanes) is 11. The summed E-state index contributed by atoms with van der Waals surface area (Å²) in [6, 6.07) is 0. The van der Waals surface area contributed by atoms with Crippen LogP contribution in [0.3, 0.4) is 0 Å². The lowest BCUT2D eigenvalue weighted by Crippen LogP contribution is -1.99. The number of rotatable bonds is 19. The maximum absolute atomic E-state index is 2.47. The smallest absolute Gasteiger partial charge is 0.0348 e. The average molecular weight is 337 g/mol. The van der Waals surface area contributed by atoms with Gasteiger partial charge in [0.2, 0.25) is 0 Å². The molecule has 0 rings (SSSR count). The first-order valence-electron chi connectivity index (χ1n) is 11.5. The lowest BCUT2D eigenvalue weighted by molar-refractivity contribution is 0.400. The van der Waals surface area contributed by atoms with E-state index in [9.17, 15) is 0 Å². The van der Waals surface area contributed by atoms with Gasteiger partial charge in [0.05, 0.1) is 0 Å². The second-order valence-electron chi connectivity index (χ2n) is 7.82. The van der Waals surface area contributed by atoms with Crippen LogP contribution in [-0.2, 0) is 0 Å². The fraction of sp³-hybridized carbons (Fsp3) is 0.917. The fourth-order valence-electron chi connectivity index (χ4n) is 3.66. The van der Waals surface area contributed by atoms with Gasteiger partial charge in [-0.2, -0.15) is 0 Å². The van der Waals surface area contributed by atoms with Crippen molar-refractivity contribution in [1.82, 2.24) is 0 Å². The molecule has 0 aliphatic carbocycles. The van der Waals surface area contributed by atoms with E-state index in [1.807, 2.05) is 0 Å². The van der Waals surface area contributed by atoms with Crippen molar-refractivity contribution < 1.29 is 0 Å². The van der Waals surface area contributed by atoms with Crippen molar-refractivity contribution in [3.05, 3.63) is 12.2 Å². The molecule has 0 aromatic rings. The third-order valence-electron chi connectivity index (χ3n) is 5.30. The van der Waals surface area contributed by atoms with Crippen LogP contribution in [0.2, 0.25) is 0 Å². The summed E-state index contributed by atoms with van der Waals surface area (Å²) in [6.45, 7) is 6.94. The van der Waals surface area contributed by atoms with Gasteiger partial charge in [-0.3, -0.25) is 0 Å². The molecule has 144 valence electrons. The van der Waals surface area contributed by atoms with Gasteiger partial charge in [-0.05, 0) is 31.6 Å². The summed E-state index contributed by atoms with van der Waals surface area (Å²) < 4.78 is 0. The second-order valence-corrected chi connectivity index (χ2v) is 7.82. The maximum atomic E-state index is 2.47. The number of hydrogen-bond donors (Lipinski definition) is 0. The maximum Gasteiger partial charge on any atom is -0.0348 e. The van der Waals surface area contributed by atoms with Crippen molar-refractivity contribution in [3.8, 4) is 0 Å². The van der Waals surface area contributed by atoms with Crippen LogP contribution < -0.4 is 0 Å². The van der Waals surface area contributed by atoms with E-state index < -0.39 is 0 Å². The molecule has 0 saturated heterocycles. The van der Waals surface area contributed by atoms with Crippen molar-refractivity contribution in [2.75, 3.05) is 0 Å². The van der Waals surface area contributed by atoms with Crippen molar-refractivity contribution in [3.63, 3.8) is 0 Å². The highest BCUT2D eigenvalue weighted by Crippen LogP contribution is 2.21. The molecular formula is C24H48. The molecule has 0 aliphatic rings. The van der Waals surface area contributed by atoms with Gasteiger partial charge in [0.1, 0.15) is 0 Å². The van der Waals surface area contributed by atoms with Crippen molar-refractivity contribution in [2.45, 2.75) is 136 Å². The number of hydrogen-bond acceptors (Lipinski definition) is 0. The molecule has 0 fully saturated rings. The molecule has 0 spiro atoms. The van der Waals surface area contributed by atoms with Gasteiger partial charge in [-0.1, -0.05) is 123 Å². The Labute approximate surface area is 154 Å². The molecule has 0 aromatic carbocycles. The summed E-state index contributed by atoms with van der Waals surface area (Å²) in [5.41, 5.74) is 0. The zero-order valence-electron chi connectivity index (χ0n) is 17.5. The quantitative estimate of drug-likeness (QED) is 0.163. The lowest BCUT2D eigenvalue weighted by Gasteiger charge is -2.14. The van der Waals surface area contributed by atoms with E-state index in [0.29, 0.717) is 0 Å². The van der Waals surface area contributed by atoms with E-state index in [1.54, 1.807) is 0 Å². The third-order valence-corrected chi connectivity index (χ3v) is 5.30. The molecule has 0 radical (unpaired) electrons. The molecular weight excluding hydrogens is 288 g/mol. The molecule has 0 saturated carbocycles. The standard InChI is InChI=1S/C24H48/c1-4-7-9-10-11-12-13-14-15-16-17-18-20-23-24(21-6-3)22-19-8-5-2/h17-18,24H,4-16,19-23H2,1-3H3. The Kier molecular flexibility index (Phi) is 20.6. The minimum atomic E-state index is 0.985. The van der Waals surface area contributed by atoms with E-state index in [2.05, 4.69) is 32.9 Å². The van der Waals surface area contributed by atoms with E-state index in [0.717, 1.165) is 5.92 Å². The Balaban J connectivity index is 3.40. The summed E-state index contributed by atoms with van der Waals surface area (Å²) in [5, 5.41) is 0. The van der Waals surface area contributed by atoms with E-state index in [4.69, 9.17) is 0 Å². The summed E-state index contributed by atoms with van der Waals surface area (Å²) in [4.78, 5) is 0. The van der Waals surface area contributed by atoms with Gasteiger partial charge in [0.15, 0.2) is 0 Å².